The van der Waals surface area contributed by atoms with Crippen molar-refractivity contribution in [3.05, 3.63) is 41.4 Å². The van der Waals surface area contributed by atoms with Gasteiger partial charge in [0.15, 0.2) is 0 Å². The Kier molecular flexibility index (Phi) is 5.61. The van der Waals surface area contributed by atoms with E-state index in [4.69, 9.17) is 14.1 Å². The minimum Gasteiger partial charge on any atom is -0.494 e. The first kappa shape index (κ1) is 20.2. The number of amides is 1. The first-order valence-corrected chi connectivity index (χ1v) is 10.5. The summed E-state index contributed by atoms with van der Waals surface area (Å²) in [5.41, 5.74) is 2.52. The Morgan fingerprint density at radius 3 is 2.53 bits per heavy atom. The topological polar surface area (TPSA) is 80.5 Å². The number of benzene rings is 1. The van der Waals surface area contributed by atoms with Crippen LogP contribution in [-0.2, 0) is 4.79 Å². The summed E-state index contributed by atoms with van der Waals surface area (Å²) >= 11 is 0. The van der Waals surface area contributed by atoms with Crippen molar-refractivity contribution < 1.29 is 13.9 Å². The zero-order valence-corrected chi connectivity index (χ0v) is 18.0. The fraction of sp³-hybridized carbons (Fsp3) is 0.435. The van der Waals surface area contributed by atoms with Crippen LogP contribution in [0.5, 0.6) is 5.75 Å². The van der Waals surface area contributed by atoms with Crippen molar-refractivity contribution in [1.82, 2.24) is 9.97 Å². The predicted octanol–water partition coefficient (Wildman–Crippen LogP) is 4.40. The maximum Gasteiger partial charge on any atom is 0.231 e. The normalized spacial score (nSPS) is 14.9. The van der Waals surface area contributed by atoms with Gasteiger partial charge in [0, 0.05) is 30.3 Å². The van der Waals surface area contributed by atoms with Gasteiger partial charge in [0.25, 0.3) is 0 Å². The molecule has 0 unspecified atom stereocenters. The van der Waals surface area contributed by atoms with Crippen molar-refractivity contribution in [2.45, 2.75) is 40.5 Å². The van der Waals surface area contributed by atoms with E-state index in [1.165, 1.54) is 0 Å². The van der Waals surface area contributed by atoms with Crippen LogP contribution in [0.1, 0.15) is 36.9 Å². The van der Waals surface area contributed by atoms with Gasteiger partial charge in [-0.25, -0.2) is 4.98 Å². The van der Waals surface area contributed by atoms with Crippen LogP contribution >= 0.6 is 0 Å². The Hall–Kier alpha value is -3.09. The molecule has 2 aromatic heterocycles. The largest absolute Gasteiger partial charge is 0.494 e. The molecule has 3 aromatic rings. The van der Waals surface area contributed by atoms with Crippen molar-refractivity contribution in [3.8, 4) is 5.75 Å². The van der Waals surface area contributed by atoms with Crippen LogP contribution in [0, 0.1) is 26.7 Å². The zero-order chi connectivity index (χ0) is 21.3. The van der Waals surface area contributed by atoms with E-state index in [1.807, 2.05) is 52.0 Å². The number of anilines is 2. The second-order valence-electron chi connectivity index (χ2n) is 7.77. The molecule has 0 saturated carbocycles. The zero-order valence-electron chi connectivity index (χ0n) is 18.0. The number of nitrogens with one attached hydrogen (secondary N) is 1. The maximum absolute atomic E-state index is 12.7. The highest BCUT2D eigenvalue weighted by atomic mass is 16.5. The smallest absolute Gasteiger partial charge is 0.231 e. The number of hydrogen-bond donors (Lipinski definition) is 1. The van der Waals surface area contributed by atoms with E-state index in [0.717, 1.165) is 59.9 Å². The fourth-order valence-electron chi connectivity index (χ4n) is 3.96. The monoisotopic (exact) mass is 408 g/mol. The van der Waals surface area contributed by atoms with Gasteiger partial charge >= 0.3 is 0 Å². The third kappa shape index (κ3) is 3.97. The number of furan rings is 1. The van der Waals surface area contributed by atoms with Gasteiger partial charge in [-0.2, -0.15) is 4.98 Å². The molecule has 0 spiro atoms. The van der Waals surface area contributed by atoms with Gasteiger partial charge in [-0.1, -0.05) is 0 Å². The summed E-state index contributed by atoms with van der Waals surface area (Å²) in [5.74, 6) is 3.34. The van der Waals surface area contributed by atoms with E-state index in [-0.39, 0.29) is 11.8 Å². The Morgan fingerprint density at radius 1 is 1.17 bits per heavy atom. The molecule has 0 bridgehead atoms. The molecule has 7 heteroatoms. The molecule has 1 amide bonds. The highest BCUT2D eigenvalue weighted by Crippen LogP contribution is 2.33. The van der Waals surface area contributed by atoms with Gasteiger partial charge in [-0.3, -0.25) is 4.79 Å². The number of nitrogens with zero attached hydrogens (tertiary/aromatic N) is 3. The SMILES string of the molecule is CCOc1ccc(NC(=O)C2CCN(c3nc(C)nc4oc(C)c(C)c34)CC2)cc1. The van der Waals surface area contributed by atoms with Crippen LogP contribution in [0.4, 0.5) is 11.5 Å². The number of ether oxygens (including phenoxy) is 1. The van der Waals surface area contributed by atoms with Crippen LogP contribution in [0.3, 0.4) is 0 Å². The Labute approximate surface area is 176 Å². The fourth-order valence-corrected chi connectivity index (χ4v) is 3.96. The van der Waals surface area contributed by atoms with Gasteiger partial charge in [-0.15, -0.1) is 0 Å². The van der Waals surface area contributed by atoms with Crippen LogP contribution in [0.2, 0.25) is 0 Å². The van der Waals surface area contributed by atoms with Gasteiger partial charge in [0.05, 0.1) is 12.0 Å². The number of hydrogen-bond acceptors (Lipinski definition) is 6. The molecule has 1 aliphatic rings. The number of rotatable bonds is 5. The van der Waals surface area contributed by atoms with E-state index < -0.39 is 0 Å². The third-order valence-corrected chi connectivity index (χ3v) is 5.72. The Morgan fingerprint density at radius 2 is 1.87 bits per heavy atom. The van der Waals surface area contributed by atoms with Crippen LogP contribution in [0.25, 0.3) is 11.1 Å². The second kappa shape index (κ2) is 8.34. The number of piperidine rings is 1. The minimum absolute atomic E-state index is 0.0153. The predicted molar refractivity (Wildman–Crippen MR) is 117 cm³/mol. The maximum atomic E-state index is 12.7. The van der Waals surface area contributed by atoms with Gasteiger partial charge in [-0.05, 0) is 64.8 Å². The van der Waals surface area contributed by atoms with Crippen molar-refractivity contribution in [3.63, 3.8) is 0 Å². The minimum atomic E-state index is -0.0153. The average molecular weight is 409 g/mol. The molecule has 0 atom stereocenters. The lowest BCUT2D eigenvalue weighted by atomic mass is 9.95. The summed E-state index contributed by atoms with van der Waals surface area (Å²) in [6.45, 7) is 10.00. The molecule has 3 heterocycles. The van der Waals surface area contributed by atoms with E-state index in [1.54, 1.807) is 0 Å². The number of aryl methyl sites for hydroxylation is 3. The molecule has 7 nitrogen and oxygen atoms in total. The van der Waals surface area contributed by atoms with E-state index >= 15 is 0 Å². The first-order valence-electron chi connectivity index (χ1n) is 10.5. The molecular formula is C23H28N4O3. The van der Waals surface area contributed by atoms with Crippen molar-refractivity contribution in [2.24, 2.45) is 5.92 Å². The van der Waals surface area contributed by atoms with Crippen molar-refractivity contribution >= 4 is 28.5 Å². The van der Waals surface area contributed by atoms with E-state index in [9.17, 15) is 4.79 Å². The molecule has 0 radical (unpaired) electrons. The van der Waals surface area contributed by atoms with Gasteiger partial charge in [0.1, 0.15) is 23.2 Å². The molecule has 158 valence electrons. The highest BCUT2D eigenvalue weighted by molar-refractivity contribution is 5.93. The van der Waals surface area contributed by atoms with Crippen molar-refractivity contribution in [1.29, 1.82) is 0 Å². The molecule has 30 heavy (non-hydrogen) atoms. The van der Waals surface area contributed by atoms with Crippen LogP contribution in [0.15, 0.2) is 28.7 Å². The number of aromatic nitrogens is 2. The van der Waals surface area contributed by atoms with Crippen LogP contribution in [-0.4, -0.2) is 35.6 Å². The third-order valence-electron chi connectivity index (χ3n) is 5.72. The summed E-state index contributed by atoms with van der Waals surface area (Å²) in [5, 5.41) is 4.01. The highest BCUT2D eigenvalue weighted by Gasteiger charge is 2.28. The number of carbonyl (C=O) groups is 1. The Bertz CT molecular complexity index is 1050. The first-order chi connectivity index (χ1) is 14.5. The molecule has 0 aliphatic carbocycles. The van der Waals surface area contributed by atoms with E-state index in [0.29, 0.717) is 18.1 Å². The molecule has 1 fully saturated rings. The molecule has 1 saturated heterocycles. The molecular weight excluding hydrogens is 380 g/mol. The molecule has 1 aliphatic heterocycles. The summed E-state index contributed by atoms with van der Waals surface area (Å²) in [4.78, 5) is 24.1. The second-order valence-corrected chi connectivity index (χ2v) is 7.77. The standard InChI is InChI=1S/C23H28N4O3/c1-5-29-19-8-6-18(7-9-19)26-22(28)17-10-12-27(13-11-17)21-20-14(2)15(3)30-23(20)25-16(4)24-21/h6-9,17H,5,10-13H2,1-4H3,(H,26,28). The molecule has 4 rings (SSSR count). The lowest BCUT2D eigenvalue weighted by Gasteiger charge is -2.32. The van der Waals surface area contributed by atoms with Gasteiger partial charge < -0.3 is 19.4 Å². The quantitative estimate of drug-likeness (QED) is 0.674. The molecule has 1 N–H and O–H groups in total. The van der Waals surface area contributed by atoms with Crippen molar-refractivity contribution in [2.75, 3.05) is 29.9 Å². The molecule has 1 aromatic carbocycles. The average Bonchev–Trinajstić information content (AvgIpc) is 3.02. The number of carbonyl (C=O) groups excluding carboxylic acids is 1. The van der Waals surface area contributed by atoms with Crippen LogP contribution < -0.4 is 15.0 Å². The number of fused-ring (bicyclic) bond motifs is 1. The van der Waals surface area contributed by atoms with E-state index in [2.05, 4.69) is 15.2 Å². The summed E-state index contributed by atoms with van der Waals surface area (Å²) < 4.78 is 11.3. The Balaban J connectivity index is 1.43. The van der Waals surface area contributed by atoms with Gasteiger partial charge in [0.2, 0.25) is 11.6 Å². The summed E-state index contributed by atoms with van der Waals surface area (Å²) in [6, 6.07) is 7.50. The summed E-state index contributed by atoms with van der Waals surface area (Å²) in [7, 11) is 0. The lowest BCUT2D eigenvalue weighted by molar-refractivity contribution is -0.120. The summed E-state index contributed by atoms with van der Waals surface area (Å²) in [6.07, 6.45) is 1.56. The lowest BCUT2D eigenvalue weighted by Crippen LogP contribution is -2.38.